The van der Waals surface area contributed by atoms with Crippen LogP contribution in [0.3, 0.4) is 0 Å². The molecule has 0 radical (unpaired) electrons. The van der Waals surface area contributed by atoms with E-state index in [1.165, 1.54) is 0 Å². The SMILES string of the molecule is COC(C)c1noc([C@H]2CCNC2)n1. The van der Waals surface area contributed by atoms with E-state index in [0.717, 1.165) is 25.4 Å². The molecule has 14 heavy (non-hydrogen) atoms. The summed E-state index contributed by atoms with van der Waals surface area (Å²) in [5.74, 6) is 1.74. The fourth-order valence-electron chi connectivity index (χ4n) is 1.55. The van der Waals surface area contributed by atoms with E-state index in [9.17, 15) is 0 Å². The van der Waals surface area contributed by atoms with E-state index in [4.69, 9.17) is 9.26 Å². The molecule has 5 heteroatoms. The van der Waals surface area contributed by atoms with Crippen LogP contribution < -0.4 is 5.32 Å². The normalized spacial score (nSPS) is 24.0. The Balaban J connectivity index is 2.08. The lowest BCUT2D eigenvalue weighted by atomic mass is 10.1. The molecule has 2 heterocycles. The Bertz CT molecular complexity index is 294. The van der Waals surface area contributed by atoms with E-state index in [1.54, 1.807) is 7.11 Å². The van der Waals surface area contributed by atoms with E-state index < -0.39 is 0 Å². The van der Waals surface area contributed by atoms with Crippen molar-refractivity contribution in [3.8, 4) is 0 Å². The van der Waals surface area contributed by atoms with Crippen LogP contribution in [0.1, 0.15) is 37.1 Å². The average Bonchev–Trinajstić information content (AvgIpc) is 2.86. The summed E-state index contributed by atoms with van der Waals surface area (Å²) in [5.41, 5.74) is 0. The molecule has 78 valence electrons. The van der Waals surface area contributed by atoms with Gasteiger partial charge in [0.25, 0.3) is 0 Å². The van der Waals surface area contributed by atoms with Crippen LogP contribution in [0.15, 0.2) is 4.52 Å². The third-order valence-corrected chi connectivity index (χ3v) is 2.58. The summed E-state index contributed by atoms with van der Waals surface area (Å²) >= 11 is 0. The first kappa shape index (κ1) is 9.61. The Morgan fingerprint density at radius 3 is 3.14 bits per heavy atom. The summed E-state index contributed by atoms with van der Waals surface area (Å²) in [6.45, 7) is 3.87. The molecular formula is C9H15N3O2. The molecule has 1 aromatic rings. The average molecular weight is 197 g/mol. The lowest BCUT2D eigenvalue weighted by molar-refractivity contribution is 0.109. The standard InChI is InChI=1S/C9H15N3O2/c1-6(13-2)8-11-9(14-12-8)7-3-4-10-5-7/h6-7,10H,3-5H2,1-2H3/t6?,7-/m0/s1. The summed E-state index contributed by atoms with van der Waals surface area (Å²) in [6.07, 6.45) is 0.977. The van der Waals surface area contributed by atoms with Gasteiger partial charge in [0, 0.05) is 13.7 Å². The second kappa shape index (κ2) is 4.06. The van der Waals surface area contributed by atoms with Gasteiger partial charge in [-0.25, -0.2) is 0 Å². The van der Waals surface area contributed by atoms with E-state index in [0.29, 0.717) is 11.7 Å². The maximum absolute atomic E-state index is 5.19. The van der Waals surface area contributed by atoms with Gasteiger partial charge < -0.3 is 14.6 Å². The van der Waals surface area contributed by atoms with E-state index in [1.807, 2.05) is 6.92 Å². The Morgan fingerprint density at radius 1 is 1.64 bits per heavy atom. The smallest absolute Gasteiger partial charge is 0.231 e. The molecule has 0 aromatic carbocycles. The minimum atomic E-state index is -0.0955. The van der Waals surface area contributed by atoms with Crippen LogP contribution in [-0.4, -0.2) is 30.3 Å². The molecule has 1 N–H and O–H groups in total. The van der Waals surface area contributed by atoms with Gasteiger partial charge in [-0.15, -0.1) is 0 Å². The molecule has 0 bridgehead atoms. The van der Waals surface area contributed by atoms with Crippen molar-refractivity contribution < 1.29 is 9.26 Å². The van der Waals surface area contributed by atoms with Crippen LogP contribution in [0.5, 0.6) is 0 Å². The third-order valence-electron chi connectivity index (χ3n) is 2.58. The van der Waals surface area contributed by atoms with Gasteiger partial charge in [0.1, 0.15) is 6.10 Å². The minimum absolute atomic E-state index is 0.0955. The zero-order valence-electron chi connectivity index (χ0n) is 8.49. The summed E-state index contributed by atoms with van der Waals surface area (Å²) in [4.78, 5) is 4.32. The van der Waals surface area contributed by atoms with Crippen LogP contribution in [0.2, 0.25) is 0 Å². The Hall–Kier alpha value is -0.940. The van der Waals surface area contributed by atoms with Crippen molar-refractivity contribution in [2.45, 2.75) is 25.4 Å². The number of hydrogen-bond donors (Lipinski definition) is 1. The number of nitrogens with zero attached hydrogens (tertiary/aromatic N) is 2. The Morgan fingerprint density at radius 2 is 2.50 bits per heavy atom. The molecule has 1 aliphatic rings. The fraction of sp³-hybridized carbons (Fsp3) is 0.778. The van der Waals surface area contributed by atoms with Gasteiger partial charge >= 0.3 is 0 Å². The molecule has 2 rings (SSSR count). The zero-order chi connectivity index (χ0) is 9.97. The van der Waals surface area contributed by atoms with E-state index >= 15 is 0 Å². The van der Waals surface area contributed by atoms with Crippen LogP contribution in [-0.2, 0) is 4.74 Å². The van der Waals surface area contributed by atoms with Crippen molar-refractivity contribution in [2.75, 3.05) is 20.2 Å². The largest absolute Gasteiger partial charge is 0.374 e. The first-order valence-corrected chi connectivity index (χ1v) is 4.88. The highest BCUT2D eigenvalue weighted by Gasteiger charge is 2.23. The van der Waals surface area contributed by atoms with Crippen LogP contribution >= 0.6 is 0 Å². The predicted molar refractivity (Wildman–Crippen MR) is 49.9 cm³/mol. The maximum Gasteiger partial charge on any atom is 0.231 e. The summed E-state index contributed by atoms with van der Waals surface area (Å²) in [5, 5.41) is 7.16. The number of methoxy groups -OCH3 is 1. The van der Waals surface area contributed by atoms with Crippen LogP contribution in [0.4, 0.5) is 0 Å². The molecule has 0 aliphatic carbocycles. The molecule has 0 spiro atoms. The first-order valence-electron chi connectivity index (χ1n) is 4.88. The summed E-state index contributed by atoms with van der Waals surface area (Å²) in [6, 6.07) is 0. The number of hydrogen-bond acceptors (Lipinski definition) is 5. The molecule has 5 nitrogen and oxygen atoms in total. The van der Waals surface area contributed by atoms with Gasteiger partial charge in [0.15, 0.2) is 5.82 Å². The number of rotatable bonds is 3. The monoisotopic (exact) mass is 197 g/mol. The quantitative estimate of drug-likeness (QED) is 0.778. The van der Waals surface area contributed by atoms with Crippen molar-refractivity contribution >= 4 is 0 Å². The Kier molecular flexibility index (Phi) is 2.79. The van der Waals surface area contributed by atoms with Crippen molar-refractivity contribution in [1.29, 1.82) is 0 Å². The van der Waals surface area contributed by atoms with Gasteiger partial charge in [0.05, 0.1) is 5.92 Å². The molecule has 1 aliphatic heterocycles. The van der Waals surface area contributed by atoms with E-state index in [2.05, 4.69) is 15.5 Å². The summed E-state index contributed by atoms with van der Waals surface area (Å²) in [7, 11) is 1.64. The Labute approximate surface area is 82.8 Å². The van der Waals surface area contributed by atoms with Gasteiger partial charge in [-0.2, -0.15) is 4.98 Å². The second-order valence-corrected chi connectivity index (χ2v) is 3.56. The molecular weight excluding hydrogens is 182 g/mol. The van der Waals surface area contributed by atoms with Gasteiger partial charge in [0.2, 0.25) is 5.89 Å². The minimum Gasteiger partial charge on any atom is -0.374 e. The highest BCUT2D eigenvalue weighted by atomic mass is 16.5. The van der Waals surface area contributed by atoms with Crippen molar-refractivity contribution in [1.82, 2.24) is 15.5 Å². The highest BCUT2D eigenvalue weighted by Crippen LogP contribution is 2.22. The second-order valence-electron chi connectivity index (χ2n) is 3.56. The summed E-state index contributed by atoms with van der Waals surface area (Å²) < 4.78 is 10.3. The molecule has 1 aromatic heterocycles. The fourth-order valence-corrected chi connectivity index (χ4v) is 1.55. The van der Waals surface area contributed by atoms with Crippen molar-refractivity contribution in [2.24, 2.45) is 0 Å². The topological polar surface area (TPSA) is 60.2 Å². The first-order chi connectivity index (χ1) is 6.81. The highest BCUT2D eigenvalue weighted by molar-refractivity contribution is 4.99. The number of nitrogens with one attached hydrogen (secondary N) is 1. The number of aromatic nitrogens is 2. The zero-order valence-corrected chi connectivity index (χ0v) is 8.49. The molecule has 0 amide bonds. The van der Waals surface area contributed by atoms with Gasteiger partial charge in [-0.3, -0.25) is 0 Å². The molecule has 0 saturated carbocycles. The molecule has 1 fully saturated rings. The van der Waals surface area contributed by atoms with Crippen LogP contribution in [0.25, 0.3) is 0 Å². The van der Waals surface area contributed by atoms with Crippen molar-refractivity contribution in [3.05, 3.63) is 11.7 Å². The molecule has 2 atom stereocenters. The van der Waals surface area contributed by atoms with Crippen LogP contribution in [0, 0.1) is 0 Å². The van der Waals surface area contributed by atoms with E-state index in [-0.39, 0.29) is 6.10 Å². The van der Waals surface area contributed by atoms with Gasteiger partial charge in [-0.1, -0.05) is 5.16 Å². The third kappa shape index (κ3) is 1.78. The molecule has 1 saturated heterocycles. The predicted octanol–water partition coefficient (Wildman–Crippen LogP) is 0.854. The molecule has 1 unspecified atom stereocenters. The lowest BCUT2D eigenvalue weighted by Crippen LogP contribution is -2.08. The lowest BCUT2D eigenvalue weighted by Gasteiger charge is -2.02. The maximum atomic E-state index is 5.19. The van der Waals surface area contributed by atoms with Crippen molar-refractivity contribution in [3.63, 3.8) is 0 Å². The number of ether oxygens (including phenoxy) is 1. The van der Waals surface area contributed by atoms with Gasteiger partial charge in [-0.05, 0) is 19.9 Å².